The number of methoxy groups -OCH3 is 1. The van der Waals surface area contributed by atoms with E-state index in [1.807, 2.05) is 24.3 Å². The summed E-state index contributed by atoms with van der Waals surface area (Å²) in [6.07, 6.45) is 0. The molecule has 22 heavy (non-hydrogen) atoms. The van der Waals surface area contributed by atoms with E-state index in [2.05, 4.69) is 10.3 Å². The number of carbonyl (C=O) groups excluding carboxylic acids is 1. The van der Waals surface area contributed by atoms with Crippen LogP contribution in [-0.4, -0.2) is 18.0 Å². The largest absolute Gasteiger partial charge is 0.497 e. The van der Waals surface area contributed by atoms with Gasteiger partial charge in [-0.3, -0.25) is 10.1 Å². The first-order valence-electron chi connectivity index (χ1n) is 6.45. The van der Waals surface area contributed by atoms with Crippen molar-refractivity contribution in [3.05, 3.63) is 53.6 Å². The van der Waals surface area contributed by atoms with Gasteiger partial charge in [-0.15, -0.1) is 0 Å². The molecule has 0 saturated carbocycles. The number of fused-ring (bicyclic) bond motifs is 1. The fraction of sp³-hybridized carbons (Fsp3) is 0.0625. The van der Waals surface area contributed by atoms with Gasteiger partial charge < -0.3 is 4.74 Å². The van der Waals surface area contributed by atoms with Crippen LogP contribution < -0.4 is 10.1 Å². The lowest BCUT2D eigenvalue weighted by Crippen LogP contribution is -2.11. The number of carbonyl (C=O) groups is 1. The van der Waals surface area contributed by atoms with E-state index in [1.54, 1.807) is 31.4 Å². The van der Waals surface area contributed by atoms with Gasteiger partial charge in [-0.05, 0) is 42.5 Å². The molecule has 1 N–H and O–H groups in total. The molecule has 6 heteroatoms. The van der Waals surface area contributed by atoms with Gasteiger partial charge in [-0.1, -0.05) is 11.3 Å². The lowest BCUT2D eigenvalue weighted by molar-refractivity contribution is 0.102. The molecule has 0 fully saturated rings. The van der Waals surface area contributed by atoms with Crippen molar-refractivity contribution in [2.24, 2.45) is 0 Å². The molecule has 0 bridgehead atoms. The summed E-state index contributed by atoms with van der Waals surface area (Å²) in [5.41, 5.74) is 1.81. The Kier molecular flexibility index (Phi) is 3.73. The van der Waals surface area contributed by atoms with E-state index >= 15 is 0 Å². The smallest absolute Gasteiger partial charge is 0.257 e. The number of hydrogen-bond acceptors (Lipinski definition) is 5. The molecule has 108 valence electrons. The Bertz CT molecular complexity index is 879. The second kappa shape index (κ2) is 5.84. The van der Waals surface area contributed by atoms with Gasteiger partial charge in [-0.2, -0.15) is 5.26 Å². The Hall–Kier alpha value is -2.91. The molecule has 1 aromatic heterocycles. The quantitative estimate of drug-likeness (QED) is 0.804. The molecule has 0 unspecified atom stereocenters. The van der Waals surface area contributed by atoms with Gasteiger partial charge in [0.25, 0.3) is 5.91 Å². The Balaban J connectivity index is 1.82. The minimum atomic E-state index is -0.254. The van der Waals surface area contributed by atoms with Gasteiger partial charge >= 0.3 is 0 Å². The SMILES string of the molecule is COc1ccc2nc(NC(=O)c3ccc(C#N)cc3)sc2c1. The molecule has 0 radical (unpaired) electrons. The van der Waals surface area contributed by atoms with E-state index in [1.165, 1.54) is 11.3 Å². The number of ether oxygens (including phenoxy) is 1. The predicted molar refractivity (Wildman–Crippen MR) is 85.3 cm³/mol. The second-order valence-electron chi connectivity index (χ2n) is 4.50. The summed E-state index contributed by atoms with van der Waals surface area (Å²) in [4.78, 5) is 16.5. The minimum Gasteiger partial charge on any atom is -0.497 e. The van der Waals surface area contributed by atoms with E-state index < -0.39 is 0 Å². The number of nitriles is 1. The van der Waals surface area contributed by atoms with E-state index in [-0.39, 0.29) is 5.91 Å². The van der Waals surface area contributed by atoms with Crippen LogP contribution in [0.25, 0.3) is 10.2 Å². The lowest BCUT2D eigenvalue weighted by Gasteiger charge is -2.01. The van der Waals surface area contributed by atoms with Crippen LogP contribution in [-0.2, 0) is 0 Å². The number of nitrogens with one attached hydrogen (secondary N) is 1. The summed E-state index contributed by atoms with van der Waals surface area (Å²) in [7, 11) is 1.61. The third-order valence-corrected chi connectivity index (χ3v) is 4.03. The van der Waals surface area contributed by atoms with Crippen molar-refractivity contribution in [1.29, 1.82) is 5.26 Å². The summed E-state index contributed by atoms with van der Waals surface area (Å²) in [6.45, 7) is 0. The van der Waals surface area contributed by atoms with E-state index in [0.29, 0.717) is 16.3 Å². The standard InChI is InChI=1S/C16H11N3O2S/c1-21-12-6-7-13-14(8-12)22-16(18-13)19-15(20)11-4-2-10(9-17)3-5-11/h2-8H,1H3,(H,18,19,20). The number of thiazole rings is 1. The number of aromatic nitrogens is 1. The van der Waals surface area contributed by atoms with Crippen LogP contribution in [0.5, 0.6) is 5.75 Å². The number of hydrogen-bond donors (Lipinski definition) is 1. The van der Waals surface area contributed by atoms with Gasteiger partial charge in [0.15, 0.2) is 5.13 Å². The maximum absolute atomic E-state index is 12.2. The monoisotopic (exact) mass is 309 g/mol. The van der Waals surface area contributed by atoms with E-state index in [4.69, 9.17) is 10.00 Å². The summed E-state index contributed by atoms with van der Waals surface area (Å²) in [5, 5.41) is 12.0. The van der Waals surface area contributed by atoms with Gasteiger partial charge in [-0.25, -0.2) is 4.98 Å². The fourth-order valence-corrected chi connectivity index (χ4v) is 2.84. The third kappa shape index (κ3) is 2.75. The van der Waals surface area contributed by atoms with Crippen LogP contribution in [0.4, 0.5) is 5.13 Å². The van der Waals surface area contributed by atoms with Crippen LogP contribution >= 0.6 is 11.3 Å². The van der Waals surface area contributed by atoms with Crippen molar-refractivity contribution in [1.82, 2.24) is 4.98 Å². The Morgan fingerprint density at radius 2 is 2.05 bits per heavy atom. The second-order valence-corrected chi connectivity index (χ2v) is 5.53. The highest BCUT2D eigenvalue weighted by Crippen LogP contribution is 2.29. The number of amides is 1. The molecule has 0 spiro atoms. The van der Waals surface area contributed by atoms with Crippen LogP contribution in [0.2, 0.25) is 0 Å². The summed E-state index contributed by atoms with van der Waals surface area (Å²) in [5.74, 6) is 0.497. The van der Waals surface area contributed by atoms with Gasteiger partial charge in [0.05, 0.1) is 29.0 Å². The zero-order valence-electron chi connectivity index (χ0n) is 11.7. The number of benzene rings is 2. The first-order valence-corrected chi connectivity index (χ1v) is 7.27. The van der Waals surface area contributed by atoms with Crippen molar-refractivity contribution in [3.63, 3.8) is 0 Å². The number of nitrogens with zero attached hydrogens (tertiary/aromatic N) is 2. The van der Waals surface area contributed by atoms with Crippen LogP contribution in [0.3, 0.4) is 0 Å². The molecule has 0 saturated heterocycles. The number of anilines is 1. The molecule has 2 aromatic carbocycles. The number of rotatable bonds is 3. The van der Waals surface area contributed by atoms with Gasteiger partial charge in [0.2, 0.25) is 0 Å². The molecule has 1 amide bonds. The molecule has 1 heterocycles. The Labute approximate surface area is 130 Å². The molecule has 5 nitrogen and oxygen atoms in total. The van der Waals surface area contributed by atoms with Crippen molar-refractivity contribution < 1.29 is 9.53 Å². The molecular weight excluding hydrogens is 298 g/mol. The van der Waals surface area contributed by atoms with Crippen molar-refractivity contribution in [3.8, 4) is 11.8 Å². The highest BCUT2D eigenvalue weighted by Gasteiger charge is 2.10. The topological polar surface area (TPSA) is 75.0 Å². The maximum atomic E-state index is 12.2. The summed E-state index contributed by atoms with van der Waals surface area (Å²) < 4.78 is 6.11. The average molecular weight is 309 g/mol. The van der Waals surface area contributed by atoms with Gasteiger partial charge in [0.1, 0.15) is 5.75 Å². The maximum Gasteiger partial charge on any atom is 0.257 e. The molecule has 0 aliphatic heterocycles. The zero-order chi connectivity index (χ0) is 15.5. The fourth-order valence-electron chi connectivity index (χ4n) is 1.95. The van der Waals surface area contributed by atoms with Crippen LogP contribution in [0.1, 0.15) is 15.9 Å². The Morgan fingerprint density at radius 1 is 1.27 bits per heavy atom. The Morgan fingerprint density at radius 3 is 2.73 bits per heavy atom. The minimum absolute atomic E-state index is 0.254. The third-order valence-electron chi connectivity index (χ3n) is 3.09. The first kappa shape index (κ1) is 14.0. The molecule has 0 aliphatic carbocycles. The highest BCUT2D eigenvalue weighted by molar-refractivity contribution is 7.22. The van der Waals surface area contributed by atoms with Crippen molar-refractivity contribution >= 4 is 32.6 Å². The molecule has 0 atom stereocenters. The zero-order valence-corrected chi connectivity index (χ0v) is 12.5. The molecule has 3 aromatic rings. The molecule has 0 aliphatic rings. The molecule has 3 rings (SSSR count). The summed E-state index contributed by atoms with van der Waals surface area (Å²) >= 11 is 1.38. The van der Waals surface area contributed by atoms with Crippen molar-refractivity contribution in [2.45, 2.75) is 0 Å². The average Bonchev–Trinajstić information content (AvgIpc) is 2.95. The highest BCUT2D eigenvalue weighted by atomic mass is 32.1. The molecular formula is C16H11N3O2S. The van der Waals surface area contributed by atoms with Crippen molar-refractivity contribution in [2.75, 3.05) is 12.4 Å². The van der Waals surface area contributed by atoms with E-state index in [0.717, 1.165) is 16.0 Å². The lowest BCUT2D eigenvalue weighted by atomic mass is 10.1. The van der Waals surface area contributed by atoms with Crippen LogP contribution in [0.15, 0.2) is 42.5 Å². The first-order chi connectivity index (χ1) is 10.7. The predicted octanol–water partition coefficient (Wildman–Crippen LogP) is 3.43. The van der Waals surface area contributed by atoms with E-state index in [9.17, 15) is 4.79 Å². The summed E-state index contributed by atoms with van der Waals surface area (Å²) in [6, 6.07) is 14.0. The normalized spacial score (nSPS) is 10.2. The van der Waals surface area contributed by atoms with Gasteiger partial charge in [0, 0.05) is 5.56 Å². The van der Waals surface area contributed by atoms with Crippen LogP contribution in [0, 0.1) is 11.3 Å².